The predicted molar refractivity (Wildman–Crippen MR) is 72.7 cm³/mol. The molecule has 102 valence electrons. The van der Waals surface area contributed by atoms with Gasteiger partial charge in [0.1, 0.15) is 11.6 Å². The monoisotopic (exact) mass is 263 g/mol. The smallest absolute Gasteiger partial charge is 0.349 e. The summed E-state index contributed by atoms with van der Waals surface area (Å²) in [5, 5.41) is 13.7. The molecule has 19 heavy (non-hydrogen) atoms. The van der Waals surface area contributed by atoms with Crippen LogP contribution in [0.5, 0.6) is 0 Å². The summed E-state index contributed by atoms with van der Waals surface area (Å²) in [5.74, 6) is 1.33. The van der Waals surface area contributed by atoms with E-state index in [1.54, 1.807) is 13.0 Å². The average Bonchev–Trinajstić information content (AvgIpc) is 2.71. The van der Waals surface area contributed by atoms with Gasteiger partial charge >= 0.3 is 5.69 Å². The number of hydrogen-bond donors (Lipinski definition) is 3. The fourth-order valence-corrected chi connectivity index (χ4v) is 1.88. The molecule has 8 heteroatoms. The van der Waals surface area contributed by atoms with Crippen LogP contribution in [-0.4, -0.2) is 39.0 Å². The Morgan fingerprint density at radius 1 is 1.68 bits per heavy atom. The zero-order valence-corrected chi connectivity index (χ0v) is 11.1. The number of nitrogens with zero attached hydrogens (tertiary/aromatic N) is 4. The maximum atomic E-state index is 11.5. The van der Waals surface area contributed by atoms with Gasteiger partial charge in [0.25, 0.3) is 0 Å². The van der Waals surface area contributed by atoms with E-state index >= 15 is 0 Å². The molecule has 2 rings (SSSR count). The first kappa shape index (κ1) is 13.1. The molecular weight excluding hydrogens is 246 g/mol. The molecule has 0 fully saturated rings. The van der Waals surface area contributed by atoms with E-state index < -0.39 is 0 Å². The summed E-state index contributed by atoms with van der Waals surface area (Å²) in [7, 11) is 1.86. The molecule has 0 aliphatic rings. The molecule has 0 aliphatic heterocycles. The number of nitrogens with two attached hydrogens (primary N) is 1. The minimum absolute atomic E-state index is 0.0651. The number of anilines is 1. The van der Waals surface area contributed by atoms with Crippen LogP contribution in [0.2, 0.25) is 0 Å². The Hall–Kier alpha value is -2.38. The Balaban J connectivity index is 2.35. The maximum Gasteiger partial charge on any atom is 0.349 e. The van der Waals surface area contributed by atoms with Crippen LogP contribution in [0.4, 0.5) is 5.82 Å². The van der Waals surface area contributed by atoms with Gasteiger partial charge in [-0.25, -0.2) is 19.3 Å². The summed E-state index contributed by atoms with van der Waals surface area (Å²) in [6.45, 7) is 4.20. The molecule has 1 unspecified atom stereocenters. The summed E-state index contributed by atoms with van der Waals surface area (Å²) in [6, 6.07) is 1.72. The highest BCUT2D eigenvalue weighted by molar-refractivity contribution is 5.79. The number of nitrogens with one attached hydrogen (secondary N) is 2. The van der Waals surface area contributed by atoms with Gasteiger partial charge in [0.15, 0.2) is 5.65 Å². The van der Waals surface area contributed by atoms with Crippen molar-refractivity contribution in [2.75, 3.05) is 18.5 Å². The van der Waals surface area contributed by atoms with Gasteiger partial charge < -0.3 is 10.6 Å². The lowest BCUT2D eigenvalue weighted by Gasteiger charge is -2.22. The van der Waals surface area contributed by atoms with Gasteiger partial charge in [-0.1, -0.05) is 6.92 Å². The topological polar surface area (TPSA) is 116 Å². The number of aromatic amines is 1. The largest absolute Gasteiger partial charge is 0.387 e. The van der Waals surface area contributed by atoms with Gasteiger partial charge in [0.2, 0.25) is 0 Å². The van der Waals surface area contributed by atoms with Crippen molar-refractivity contribution in [2.45, 2.75) is 13.8 Å². The Kier molecular flexibility index (Phi) is 3.24. The van der Waals surface area contributed by atoms with Crippen molar-refractivity contribution >= 4 is 17.3 Å². The molecule has 2 aromatic rings. The molecule has 0 saturated carbocycles. The van der Waals surface area contributed by atoms with E-state index in [9.17, 15) is 4.79 Å². The minimum atomic E-state index is -0.300. The van der Waals surface area contributed by atoms with Crippen LogP contribution in [0.3, 0.4) is 0 Å². The molecule has 0 saturated heterocycles. The van der Waals surface area contributed by atoms with Gasteiger partial charge in [0, 0.05) is 25.6 Å². The quantitative estimate of drug-likeness (QED) is 0.519. The van der Waals surface area contributed by atoms with Crippen LogP contribution in [0.15, 0.2) is 10.9 Å². The summed E-state index contributed by atoms with van der Waals surface area (Å²) < 4.78 is 1.41. The van der Waals surface area contributed by atoms with E-state index in [4.69, 9.17) is 11.1 Å². The molecule has 0 spiro atoms. The van der Waals surface area contributed by atoms with Crippen molar-refractivity contribution < 1.29 is 0 Å². The van der Waals surface area contributed by atoms with Crippen molar-refractivity contribution in [2.24, 2.45) is 11.7 Å². The van der Waals surface area contributed by atoms with E-state index in [0.29, 0.717) is 23.8 Å². The van der Waals surface area contributed by atoms with E-state index in [-0.39, 0.29) is 17.4 Å². The number of aromatic nitrogens is 4. The number of hydrogen-bond acceptors (Lipinski definition) is 5. The van der Waals surface area contributed by atoms with Crippen molar-refractivity contribution in [3.63, 3.8) is 0 Å². The highest BCUT2D eigenvalue weighted by Crippen LogP contribution is 2.13. The fraction of sp³-hybridized carbons (Fsp3) is 0.455. The normalized spacial score (nSPS) is 12.6. The van der Waals surface area contributed by atoms with Crippen molar-refractivity contribution in [1.29, 1.82) is 5.41 Å². The van der Waals surface area contributed by atoms with Crippen LogP contribution >= 0.6 is 0 Å². The third-order valence-electron chi connectivity index (χ3n) is 3.03. The van der Waals surface area contributed by atoms with Crippen LogP contribution in [0.25, 0.3) is 5.65 Å². The maximum absolute atomic E-state index is 11.5. The van der Waals surface area contributed by atoms with Crippen LogP contribution < -0.4 is 16.3 Å². The van der Waals surface area contributed by atoms with Gasteiger partial charge in [-0.2, -0.15) is 5.10 Å². The van der Waals surface area contributed by atoms with Crippen LogP contribution in [-0.2, 0) is 0 Å². The molecule has 0 bridgehead atoms. The van der Waals surface area contributed by atoms with Gasteiger partial charge in [-0.15, -0.1) is 0 Å². The lowest BCUT2D eigenvalue weighted by molar-refractivity contribution is 0.719. The van der Waals surface area contributed by atoms with Crippen molar-refractivity contribution in [3.05, 3.63) is 22.4 Å². The summed E-state index contributed by atoms with van der Waals surface area (Å²) in [6.07, 6.45) is 0. The number of fused-ring (bicyclic) bond motifs is 1. The molecule has 8 nitrogen and oxygen atoms in total. The first-order chi connectivity index (χ1) is 8.90. The number of rotatable bonds is 4. The predicted octanol–water partition coefficient (Wildman–Crippen LogP) is -0.266. The molecule has 2 heterocycles. The van der Waals surface area contributed by atoms with Gasteiger partial charge in [-0.05, 0) is 6.92 Å². The second-order valence-corrected chi connectivity index (χ2v) is 4.62. The molecule has 4 N–H and O–H groups in total. The molecule has 2 aromatic heterocycles. The minimum Gasteiger partial charge on any atom is -0.387 e. The standard InChI is InChI=1S/C11H17N7O/c1-6(10(12)13)5-17(3)8-4-9-15-16-11(19)18(9)7(2)14-8/h4,6H,5H2,1-3H3,(H3,12,13)(H,16,19). The Labute approximate surface area is 109 Å². The second kappa shape index (κ2) is 4.71. The third-order valence-corrected chi connectivity index (χ3v) is 3.03. The first-order valence-electron chi connectivity index (χ1n) is 5.90. The van der Waals surface area contributed by atoms with Gasteiger partial charge in [0.05, 0.1) is 5.84 Å². The summed E-state index contributed by atoms with van der Waals surface area (Å²) in [4.78, 5) is 17.7. The number of amidine groups is 1. The highest BCUT2D eigenvalue weighted by atomic mass is 16.1. The zero-order valence-electron chi connectivity index (χ0n) is 11.1. The average molecular weight is 263 g/mol. The summed E-state index contributed by atoms with van der Waals surface area (Å²) >= 11 is 0. The second-order valence-electron chi connectivity index (χ2n) is 4.62. The molecule has 0 aromatic carbocycles. The third kappa shape index (κ3) is 2.42. The lowest BCUT2D eigenvalue weighted by Crippen LogP contribution is -2.32. The molecule has 1 atom stereocenters. The molecular formula is C11H17N7O. The Morgan fingerprint density at radius 3 is 3.00 bits per heavy atom. The zero-order chi connectivity index (χ0) is 14.2. The van der Waals surface area contributed by atoms with Crippen molar-refractivity contribution in [1.82, 2.24) is 19.6 Å². The Bertz CT molecular complexity index is 671. The van der Waals surface area contributed by atoms with E-state index in [1.165, 1.54) is 4.40 Å². The SMILES string of the molecule is Cc1nc(N(C)CC(C)C(=N)N)cc2n[nH]c(=O)n12. The summed E-state index contributed by atoms with van der Waals surface area (Å²) in [5.41, 5.74) is 5.68. The first-order valence-corrected chi connectivity index (χ1v) is 5.90. The fourth-order valence-electron chi connectivity index (χ4n) is 1.88. The van der Waals surface area contributed by atoms with Crippen LogP contribution in [0, 0.1) is 18.3 Å². The Morgan fingerprint density at radius 2 is 2.37 bits per heavy atom. The van der Waals surface area contributed by atoms with Crippen molar-refractivity contribution in [3.8, 4) is 0 Å². The molecule has 0 radical (unpaired) electrons. The number of H-pyrrole nitrogens is 1. The highest BCUT2D eigenvalue weighted by Gasteiger charge is 2.13. The van der Waals surface area contributed by atoms with E-state index in [2.05, 4.69) is 15.2 Å². The van der Waals surface area contributed by atoms with E-state index in [1.807, 2.05) is 18.9 Å². The molecule has 0 aliphatic carbocycles. The number of aryl methyl sites for hydroxylation is 1. The lowest BCUT2D eigenvalue weighted by atomic mass is 10.1. The van der Waals surface area contributed by atoms with Gasteiger partial charge in [-0.3, -0.25) is 5.41 Å². The van der Waals surface area contributed by atoms with Crippen LogP contribution in [0.1, 0.15) is 12.7 Å². The van der Waals surface area contributed by atoms with E-state index in [0.717, 1.165) is 0 Å². The molecule has 0 amide bonds.